The number of rotatable bonds is 4. The minimum absolute atomic E-state index is 0.000801. The summed E-state index contributed by atoms with van der Waals surface area (Å²) in [7, 11) is 1.37. The highest BCUT2D eigenvalue weighted by atomic mass is 35.5. The molecule has 1 atom stereocenters. The summed E-state index contributed by atoms with van der Waals surface area (Å²) in [4.78, 5) is 25.5. The van der Waals surface area contributed by atoms with Gasteiger partial charge in [-0.2, -0.15) is 0 Å². The lowest BCUT2D eigenvalue weighted by atomic mass is 9.89. The van der Waals surface area contributed by atoms with E-state index < -0.39 is 5.97 Å². The number of methoxy groups -OCH3 is 1. The number of allylic oxidation sites excluding steroid dienone is 1. The Balaban J connectivity index is 1.53. The normalized spacial score (nSPS) is 16.3. The largest absolute Gasteiger partial charge is 0.489 e. The third-order valence-corrected chi connectivity index (χ3v) is 6.56. The first kappa shape index (κ1) is 19.9. The SMILES string of the molecule is COC(=O)c1cc2c3c(c1)nc(C1=Cc4cccc(Cl)c4C1Cc1cncnc1)n3CCO2. The van der Waals surface area contributed by atoms with Crippen molar-refractivity contribution in [2.24, 2.45) is 0 Å². The number of halogens is 1. The zero-order valence-electron chi connectivity index (χ0n) is 17.8. The van der Waals surface area contributed by atoms with Crippen molar-refractivity contribution in [2.45, 2.75) is 18.9 Å². The molecule has 0 spiro atoms. The standard InChI is InChI=1S/C25H19ClN4O3/c1-32-25(31)16-9-20-23-21(10-16)33-6-5-30(23)24(29-20)18-8-15-3-2-4-19(26)22(15)17(18)7-14-11-27-13-28-12-14/h2-4,8-13,17H,5-7H2,1H3. The number of hydrogen-bond acceptors (Lipinski definition) is 6. The molecule has 1 aliphatic carbocycles. The van der Waals surface area contributed by atoms with Crippen molar-refractivity contribution in [3.8, 4) is 5.75 Å². The van der Waals surface area contributed by atoms with Crippen molar-refractivity contribution in [3.63, 3.8) is 0 Å². The van der Waals surface area contributed by atoms with E-state index >= 15 is 0 Å². The molecule has 0 fully saturated rings. The molecule has 6 rings (SSSR count). The maximum absolute atomic E-state index is 12.2. The van der Waals surface area contributed by atoms with E-state index in [0.717, 1.165) is 38.6 Å². The van der Waals surface area contributed by atoms with Crippen LogP contribution in [0.1, 0.15) is 38.8 Å². The van der Waals surface area contributed by atoms with Crippen LogP contribution in [0.2, 0.25) is 5.02 Å². The summed E-state index contributed by atoms with van der Waals surface area (Å²) in [5.74, 6) is 1.07. The number of fused-ring (bicyclic) bond motifs is 1. The van der Waals surface area contributed by atoms with E-state index in [1.54, 1.807) is 12.1 Å². The van der Waals surface area contributed by atoms with Crippen molar-refractivity contribution in [1.29, 1.82) is 0 Å². The van der Waals surface area contributed by atoms with Gasteiger partial charge in [-0.3, -0.25) is 0 Å². The predicted molar refractivity (Wildman–Crippen MR) is 124 cm³/mol. The zero-order valence-corrected chi connectivity index (χ0v) is 18.5. The zero-order chi connectivity index (χ0) is 22.5. The summed E-state index contributed by atoms with van der Waals surface area (Å²) in [5.41, 5.74) is 6.27. The van der Waals surface area contributed by atoms with Gasteiger partial charge < -0.3 is 14.0 Å². The van der Waals surface area contributed by atoms with E-state index in [2.05, 4.69) is 26.7 Å². The van der Waals surface area contributed by atoms with Crippen molar-refractivity contribution < 1.29 is 14.3 Å². The van der Waals surface area contributed by atoms with E-state index in [4.69, 9.17) is 26.1 Å². The smallest absolute Gasteiger partial charge is 0.338 e. The Kier molecular flexibility index (Phi) is 4.66. The fourth-order valence-electron chi connectivity index (χ4n) is 4.84. The van der Waals surface area contributed by atoms with Crippen LogP contribution >= 0.6 is 11.6 Å². The number of hydrogen-bond donors (Lipinski definition) is 0. The molecule has 2 aliphatic rings. The molecule has 2 aromatic carbocycles. The molecule has 0 radical (unpaired) electrons. The number of esters is 1. The molecule has 0 saturated heterocycles. The van der Waals surface area contributed by atoms with Gasteiger partial charge >= 0.3 is 5.97 Å². The number of aromatic nitrogens is 4. The highest BCUT2D eigenvalue weighted by Crippen LogP contribution is 2.47. The van der Waals surface area contributed by atoms with Crippen LogP contribution in [-0.4, -0.2) is 39.2 Å². The number of nitrogens with zero attached hydrogens (tertiary/aromatic N) is 4. The summed E-state index contributed by atoms with van der Waals surface area (Å²) in [5, 5.41) is 0.729. The molecule has 1 unspecified atom stereocenters. The van der Waals surface area contributed by atoms with Crippen molar-refractivity contribution in [3.05, 3.63) is 82.2 Å². The minimum atomic E-state index is -0.417. The van der Waals surface area contributed by atoms with Crippen LogP contribution in [0.15, 0.2) is 49.1 Å². The maximum atomic E-state index is 12.2. The summed E-state index contributed by atoms with van der Waals surface area (Å²) < 4.78 is 13.0. The molecule has 2 aromatic heterocycles. The number of imidazole rings is 1. The number of benzene rings is 2. The van der Waals surface area contributed by atoms with E-state index in [1.165, 1.54) is 13.4 Å². The van der Waals surface area contributed by atoms with E-state index in [-0.39, 0.29) is 5.92 Å². The van der Waals surface area contributed by atoms with E-state index in [9.17, 15) is 4.79 Å². The molecule has 0 N–H and O–H groups in total. The number of ether oxygens (including phenoxy) is 2. The van der Waals surface area contributed by atoms with Crippen LogP contribution in [0.4, 0.5) is 0 Å². The van der Waals surface area contributed by atoms with Crippen molar-refractivity contribution in [1.82, 2.24) is 19.5 Å². The second-order valence-electron chi connectivity index (χ2n) is 8.12. The average molecular weight is 459 g/mol. The van der Waals surface area contributed by atoms with Gasteiger partial charge in [0.05, 0.1) is 24.7 Å². The molecule has 0 bridgehead atoms. The van der Waals surface area contributed by atoms with Gasteiger partial charge in [0.25, 0.3) is 0 Å². The van der Waals surface area contributed by atoms with Gasteiger partial charge in [-0.25, -0.2) is 19.7 Å². The van der Waals surface area contributed by atoms with Gasteiger partial charge in [0.1, 0.15) is 30.0 Å². The van der Waals surface area contributed by atoms with Gasteiger partial charge in [0, 0.05) is 28.9 Å². The average Bonchev–Trinajstić information content (AvgIpc) is 3.39. The van der Waals surface area contributed by atoms with Crippen LogP contribution in [0.5, 0.6) is 5.75 Å². The van der Waals surface area contributed by atoms with Gasteiger partial charge in [-0.05, 0) is 47.4 Å². The maximum Gasteiger partial charge on any atom is 0.338 e. The minimum Gasteiger partial charge on any atom is -0.489 e. The fraction of sp³-hybridized carbons (Fsp3) is 0.200. The van der Waals surface area contributed by atoms with Gasteiger partial charge in [-0.15, -0.1) is 0 Å². The first-order valence-corrected chi connectivity index (χ1v) is 11.0. The molecule has 3 heterocycles. The molecule has 7 nitrogen and oxygen atoms in total. The molecular weight excluding hydrogens is 440 g/mol. The third kappa shape index (κ3) is 3.19. The first-order valence-electron chi connectivity index (χ1n) is 10.6. The van der Waals surface area contributed by atoms with Gasteiger partial charge in [-0.1, -0.05) is 23.7 Å². The molecule has 0 saturated carbocycles. The Bertz CT molecular complexity index is 1450. The fourth-order valence-corrected chi connectivity index (χ4v) is 5.15. The van der Waals surface area contributed by atoms with Crippen LogP contribution in [0.25, 0.3) is 22.7 Å². The second-order valence-corrected chi connectivity index (χ2v) is 8.52. The molecule has 8 heteroatoms. The van der Waals surface area contributed by atoms with Crippen LogP contribution in [0, 0.1) is 0 Å². The van der Waals surface area contributed by atoms with Gasteiger partial charge in [0.15, 0.2) is 0 Å². The lowest BCUT2D eigenvalue weighted by Crippen LogP contribution is -2.17. The predicted octanol–water partition coefficient (Wildman–Crippen LogP) is 4.54. The van der Waals surface area contributed by atoms with Crippen LogP contribution in [0.3, 0.4) is 0 Å². The topological polar surface area (TPSA) is 79.1 Å². The van der Waals surface area contributed by atoms with E-state index in [0.29, 0.717) is 36.4 Å². The Morgan fingerprint density at radius 1 is 1.27 bits per heavy atom. The lowest BCUT2D eigenvalue weighted by molar-refractivity contribution is 0.0600. The molecule has 1 aliphatic heterocycles. The number of carbonyl (C=O) groups is 1. The second kappa shape index (κ2) is 7.71. The Hall–Kier alpha value is -3.71. The summed E-state index contributed by atoms with van der Waals surface area (Å²) in [6.07, 6.45) is 8.06. The summed E-state index contributed by atoms with van der Waals surface area (Å²) in [6, 6.07) is 9.44. The summed E-state index contributed by atoms with van der Waals surface area (Å²) in [6.45, 7) is 1.16. The third-order valence-electron chi connectivity index (χ3n) is 6.23. The molecular formula is C25H19ClN4O3. The Labute approximate surface area is 194 Å². The summed E-state index contributed by atoms with van der Waals surface area (Å²) >= 11 is 6.68. The molecule has 164 valence electrons. The van der Waals surface area contributed by atoms with Crippen LogP contribution in [-0.2, 0) is 17.7 Å². The van der Waals surface area contributed by atoms with Gasteiger partial charge in [0.2, 0.25) is 0 Å². The molecule has 4 aromatic rings. The highest BCUT2D eigenvalue weighted by Gasteiger charge is 2.33. The Morgan fingerprint density at radius 3 is 2.94 bits per heavy atom. The monoisotopic (exact) mass is 458 g/mol. The molecule has 33 heavy (non-hydrogen) atoms. The first-order chi connectivity index (χ1) is 16.1. The lowest BCUT2D eigenvalue weighted by Gasteiger charge is -2.21. The molecule has 0 amide bonds. The Morgan fingerprint density at radius 2 is 2.12 bits per heavy atom. The quantitative estimate of drug-likeness (QED) is 0.418. The van der Waals surface area contributed by atoms with Crippen molar-refractivity contribution in [2.75, 3.05) is 13.7 Å². The number of carbonyl (C=O) groups excluding carboxylic acids is 1. The van der Waals surface area contributed by atoms with Crippen LogP contribution < -0.4 is 4.74 Å². The van der Waals surface area contributed by atoms with Crippen molar-refractivity contribution >= 4 is 40.3 Å². The highest BCUT2D eigenvalue weighted by molar-refractivity contribution is 6.32. The van der Waals surface area contributed by atoms with E-state index in [1.807, 2.05) is 24.5 Å².